The first-order chi connectivity index (χ1) is 8.90. The van der Waals surface area contributed by atoms with Crippen molar-refractivity contribution in [1.82, 2.24) is 19.3 Å². The fourth-order valence-electron chi connectivity index (χ4n) is 1.93. The Balaban J connectivity index is 1.76. The zero-order valence-electron chi connectivity index (χ0n) is 9.98. The largest absolute Gasteiger partial charge is 0.348 e. The molecule has 0 amide bonds. The van der Waals surface area contributed by atoms with Gasteiger partial charge in [0.2, 0.25) is 0 Å². The van der Waals surface area contributed by atoms with Crippen LogP contribution in [0.4, 0.5) is 0 Å². The van der Waals surface area contributed by atoms with E-state index in [0.717, 1.165) is 17.9 Å². The maximum atomic E-state index is 4.64. The topological polar surface area (TPSA) is 35.6 Å². The maximum Gasteiger partial charge on any atom is 0.0831 e. The van der Waals surface area contributed by atoms with E-state index in [1.165, 1.54) is 0 Å². The fraction of sp³-hybridized carbons (Fsp3) is 0.143. The van der Waals surface area contributed by atoms with E-state index in [9.17, 15) is 0 Å². The molecule has 3 aromatic rings. The lowest BCUT2D eigenvalue weighted by Crippen LogP contribution is -2.05. The number of rotatable bonds is 4. The second kappa shape index (κ2) is 4.87. The summed E-state index contributed by atoms with van der Waals surface area (Å²) in [6.07, 6.45) is 7.81. The number of aromatic nitrogens is 4. The van der Waals surface area contributed by atoms with E-state index in [1.54, 1.807) is 6.20 Å². The smallest absolute Gasteiger partial charge is 0.0831 e. The Bertz CT molecular complexity index is 545. The van der Waals surface area contributed by atoms with Gasteiger partial charge in [-0.25, -0.2) is 0 Å². The number of hydrogen-bond acceptors (Lipinski definition) is 2. The molecule has 0 radical (unpaired) electrons. The van der Waals surface area contributed by atoms with Crippen LogP contribution in [-0.2, 0) is 13.1 Å². The van der Waals surface area contributed by atoms with Gasteiger partial charge >= 0.3 is 0 Å². The van der Waals surface area contributed by atoms with Crippen LogP contribution in [0, 0.1) is 0 Å². The van der Waals surface area contributed by atoms with Crippen LogP contribution in [0.1, 0.15) is 11.4 Å². The van der Waals surface area contributed by atoms with E-state index in [0.29, 0.717) is 6.54 Å². The second-order valence-corrected chi connectivity index (χ2v) is 4.18. The molecule has 0 aliphatic rings. The highest BCUT2D eigenvalue weighted by Crippen LogP contribution is 2.04. The van der Waals surface area contributed by atoms with Crippen molar-refractivity contribution in [2.75, 3.05) is 0 Å². The van der Waals surface area contributed by atoms with Crippen molar-refractivity contribution < 1.29 is 0 Å². The molecule has 0 unspecified atom stereocenters. The third-order valence-electron chi connectivity index (χ3n) is 2.76. The molecule has 0 atom stereocenters. The van der Waals surface area contributed by atoms with Gasteiger partial charge in [-0.05, 0) is 30.3 Å². The average molecular weight is 238 g/mol. The van der Waals surface area contributed by atoms with Gasteiger partial charge in [-0.1, -0.05) is 6.07 Å². The Morgan fingerprint density at radius 2 is 1.61 bits per heavy atom. The highest BCUT2D eigenvalue weighted by Gasteiger charge is 2.00. The third-order valence-corrected chi connectivity index (χ3v) is 2.76. The van der Waals surface area contributed by atoms with Gasteiger partial charge in [0.05, 0.1) is 24.5 Å². The van der Waals surface area contributed by atoms with Crippen LogP contribution in [0.3, 0.4) is 0 Å². The van der Waals surface area contributed by atoms with Crippen molar-refractivity contribution in [3.63, 3.8) is 0 Å². The number of nitrogens with zero attached hydrogens (tertiary/aromatic N) is 4. The van der Waals surface area contributed by atoms with Gasteiger partial charge in [0, 0.05) is 24.8 Å². The lowest BCUT2D eigenvalue weighted by atomic mass is 10.3. The molecule has 0 saturated carbocycles. The predicted octanol–water partition coefficient (Wildman–Crippen LogP) is 2.18. The van der Waals surface area contributed by atoms with Crippen molar-refractivity contribution in [3.05, 3.63) is 72.6 Å². The quantitative estimate of drug-likeness (QED) is 0.698. The molecule has 90 valence electrons. The van der Waals surface area contributed by atoms with Crippen LogP contribution in [0.2, 0.25) is 0 Å². The van der Waals surface area contributed by atoms with Gasteiger partial charge < -0.3 is 4.57 Å². The third kappa shape index (κ3) is 2.48. The van der Waals surface area contributed by atoms with Crippen molar-refractivity contribution in [2.45, 2.75) is 13.1 Å². The summed E-state index contributed by atoms with van der Waals surface area (Å²) in [4.78, 5) is 4.64. The van der Waals surface area contributed by atoms with Gasteiger partial charge in [0.25, 0.3) is 0 Å². The zero-order valence-corrected chi connectivity index (χ0v) is 9.98. The highest BCUT2D eigenvalue weighted by molar-refractivity contribution is 5.12. The van der Waals surface area contributed by atoms with E-state index in [2.05, 4.69) is 14.6 Å². The molecule has 4 nitrogen and oxygen atoms in total. The van der Waals surface area contributed by atoms with E-state index in [4.69, 9.17) is 0 Å². The molecule has 0 aromatic carbocycles. The Morgan fingerprint density at radius 3 is 2.33 bits per heavy atom. The van der Waals surface area contributed by atoms with Gasteiger partial charge in [-0.2, -0.15) is 5.10 Å². The minimum Gasteiger partial charge on any atom is -0.348 e. The van der Waals surface area contributed by atoms with Crippen LogP contribution in [0.15, 0.2) is 61.2 Å². The van der Waals surface area contributed by atoms with Crippen molar-refractivity contribution in [1.29, 1.82) is 0 Å². The lowest BCUT2D eigenvalue weighted by Gasteiger charge is -2.06. The van der Waals surface area contributed by atoms with E-state index in [1.807, 2.05) is 59.7 Å². The minimum atomic E-state index is 0.715. The average Bonchev–Trinajstić information content (AvgIpc) is 3.03. The van der Waals surface area contributed by atoms with Gasteiger partial charge in [0.15, 0.2) is 0 Å². The van der Waals surface area contributed by atoms with Gasteiger partial charge in [-0.3, -0.25) is 9.67 Å². The number of hydrogen-bond donors (Lipinski definition) is 0. The molecule has 3 aromatic heterocycles. The summed E-state index contributed by atoms with van der Waals surface area (Å²) in [5.41, 5.74) is 2.10. The summed E-state index contributed by atoms with van der Waals surface area (Å²) in [5.74, 6) is 0. The molecule has 0 N–H and O–H groups in total. The summed E-state index contributed by atoms with van der Waals surface area (Å²) in [7, 11) is 0. The summed E-state index contributed by atoms with van der Waals surface area (Å²) >= 11 is 0. The van der Waals surface area contributed by atoms with Crippen LogP contribution in [0.25, 0.3) is 0 Å². The molecule has 18 heavy (non-hydrogen) atoms. The van der Waals surface area contributed by atoms with Crippen LogP contribution < -0.4 is 0 Å². The molecule has 4 heteroatoms. The first kappa shape index (κ1) is 10.8. The van der Waals surface area contributed by atoms with Gasteiger partial charge in [0.1, 0.15) is 0 Å². The predicted molar refractivity (Wildman–Crippen MR) is 69.1 cm³/mol. The minimum absolute atomic E-state index is 0.715. The standard InChI is InChI=1S/C14H14N4/c1-2-9-17(8-1)11-13-5-3-6-14(16-13)12-18-10-4-7-15-18/h1-10H,11-12H2. The maximum absolute atomic E-state index is 4.64. The molecule has 3 heterocycles. The van der Waals surface area contributed by atoms with E-state index in [-0.39, 0.29) is 0 Å². The SMILES string of the molecule is c1cc(Cn2cccc2)nc(Cn2cccn2)c1. The molecule has 0 spiro atoms. The van der Waals surface area contributed by atoms with Crippen LogP contribution in [0.5, 0.6) is 0 Å². The molecule has 0 saturated heterocycles. The van der Waals surface area contributed by atoms with Crippen molar-refractivity contribution in [3.8, 4) is 0 Å². The molecule has 0 bridgehead atoms. The summed E-state index contributed by atoms with van der Waals surface area (Å²) in [5, 5.41) is 4.19. The summed E-state index contributed by atoms with van der Waals surface area (Å²) < 4.78 is 3.99. The van der Waals surface area contributed by atoms with Crippen LogP contribution in [-0.4, -0.2) is 19.3 Å². The molecular weight excluding hydrogens is 224 g/mol. The van der Waals surface area contributed by atoms with Crippen molar-refractivity contribution in [2.24, 2.45) is 0 Å². The first-order valence-corrected chi connectivity index (χ1v) is 5.93. The Kier molecular flexibility index (Phi) is 2.92. The van der Waals surface area contributed by atoms with Crippen LogP contribution >= 0.6 is 0 Å². The Labute approximate surface area is 106 Å². The molecule has 0 aliphatic heterocycles. The van der Waals surface area contributed by atoms with Gasteiger partial charge in [-0.15, -0.1) is 0 Å². The fourth-order valence-corrected chi connectivity index (χ4v) is 1.93. The summed E-state index contributed by atoms with van der Waals surface area (Å²) in [6.45, 7) is 1.52. The normalized spacial score (nSPS) is 10.7. The van der Waals surface area contributed by atoms with Crippen molar-refractivity contribution >= 4 is 0 Å². The molecule has 0 fully saturated rings. The lowest BCUT2D eigenvalue weighted by molar-refractivity contribution is 0.665. The monoisotopic (exact) mass is 238 g/mol. The first-order valence-electron chi connectivity index (χ1n) is 5.93. The molecule has 0 aliphatic carbocycles. The summed E-state index contributed by atoms with van der Waals surface area (Å²) in [6, 6.07) is 12.1. The molecular formula is C14H14N4. The molecule has 3 rings (SSSR count). The van der Waals surface area contributed by atoms with E-state index >= 15 is 0 Å². The highest BCUT2D eigenvalue weighted by atomic mass is 15.3. The number of pyridine rings is 1. The van der Waals surface area contributed by atoms with E-state index < -0.39 is 0 Å². The Hall–Kier alpha value is -2.36. The zero-order chi connectivity index (χ0) is 12.2. The Morgan fingerprint density at radius 1 is 0.833 bits per heavy atom. The second-order valence-electron chi connectivity index (χ2n) is 4.18.